The number of carbonyl (C=O) groups excluding carboxylic acids is 1. The zero-order valence-corrected chi connectivity index (χ0v) is 14.6. The molecule has 5 nitrogen and oxygen atoms in total. The maximum Gasteiger partial charge on any atom is 0.232 e. The van der Waals surface area contributed by atoms with Crippen molar-refractivity contribution in [3.63, 3.8) is 0 Å². The van der Waals surface area contributed by atoms with E-state index in [2.05, 4.69) is 15.5 Å². The van der Waals surface area contributed by atoms with Gasteiger partial charge in [0.1, 0.15) is 0 Å². The molecule has 0 bridgehead atoms. The van der Waals surface area contributed by atoms with E-state index in [1.165, 1.54) is 11.3 Å². The lowest BCUT2D eigenvalue weighted by atomic mass is 10.1. The molecular formula is C20H15N3O2S. The molecule has 26 heavy (non-hydrogen) atoms. The third kappa shape index (κ3) is 3.70. The van der Waals surface area contributed by atoms with Crippen molar-refractivity contribution in [3.05, 3.63) is 78.6 Å². The van der Waals surface area contributed by atoms with Crippen molar-refractivity contribution in [1.82, 2.24) is 10.1 Å². The number of amides is 1. The van der Waals surface area contributed by atoms with Gasteiger partial charge in [-0.05, 0) is 5.56 Å². The quantitative estimate of drug-likeness (QED) is 0.562. The van der Waals surface area contributed by atoms with Gasteiger partial charge < -0.3 is 9.84 Å². The smallest absolute Gasteiger partial charge is 0.232 e. The Morgan fingerprint density at radius 3 is 2.42 bits per heavy atom. The average Bonchev–Trinajstić information content (AvgIpc) is 3.33. The fourth-order valence-corrected chi connectivity index (χ4v) is 3.37. The Kier molecular flexibility index (Phi) is 4.57. The van der Waals surface area contributed by atoms with Crippen LogP contribution in [0, 0.1) is 0 Å². The highest BCUT2D eigenvalue weighted by molar-refractivity contribution is 7.19. The average molecular weight is 361 g/mol. The summed E-state index contributed by atoms with van der Waals surface area (Å²) in [5.74, 6) is 0.473. The molecule has 0 unspecified atom stereocenters. The predicted molar refractivity (Wildman–Crippen MR) is 102 cm³/mol. The number of rotatable bonds is 5. The number of nitrogens with zero attached hydrogens (tertiary/aromatic N) is 2. The van der Waals surface area contributed by atoms with E-state index >= 15 is 0 Å². The van der Waals surface area contributed by atoms with Crippen LogP contribution in [0.1, 0.15) is 5.69 Å². The molecule has 1 amide bonds. The highest BCUT2D eigenvalue weighted by atomic mass is 32.1. The van der Waals surface area contributed by atoms with E-state index < -0.39 is 0 Å². The van der Waals surface area contributed by atoms with Crippen molar-refractivity contribution in [2.45, 2.75) is 6.42 Å². The lowest BCUT2D eigenvalue weighted by Gasteiger charge is -1.98. The normalized spacial score (nSPS) is 10.6. The molecule has 0 spiro atoms. The molecule has 1 N–H and O–H groups in total. The molecule has 0 atom stereocenters. The van der Waals surface area contributed by atoms with Gasteiger partial charge in [-0.1, -0.05) is 77.2 Å². The van der Waals surface area contributed by atoms with Gasteiger partial charge in [-0.3, -0.25) is 4.79 Å². The summed E-state index contributed by atoms with van der Waals surface area (Å²) in [6, 6.07) is 21.4. The molecule has 4 rings (SSSR count). The Morgan fingerprint density at radius 2 is 1.69 bits per heavy atom. The number of aromatic nitrogens is 2. The first-order valence-corrected chi connectivity index (χ1v) is 8.92. The maximum atomic E-state index is 12.2. The monoisotopic (exact) mass is 361 g/mol. The summed E-state index contributed by atoms with van der Waals surface area (Å²) >= 11 is 1.44. The van der Waals surface area contributed by atoms with Gasteiger partial charge >= 0.3 is 0 Å². The molecule has 2 aromatic heterocycles. The number of nitrogens with one attached hydrogen (secondary N) is 1. The Morgan fingerprint density at radius 1 is 1.00 bits per heavy atom. The van der Waals surface area contributed by atoms with Crippen LogP contribution in [0.5, 0.6) is 0 Å². The second-order valence-electron chi connectivity index (χ2n) is 5.67. The fourth-order valence-electron chi connectivity index (χ4n) is 2.53. The second kappa shape index (κ2) is 7.33. The third-order valence-electron chi connectivity index (χ3n) is 3.77. The van der Waals surface area contributed by atoms with Gasteiger partial charge in [0, 0.05) is 17.8 Å². The van der Waals surface area contributed by atoms with E-state index in [-0.39, 0.29) is 12.3 Å². The summed E-state index contributed by atoms with van der Waals surface area (Å²) in [4.78, 5) is 17.5. The number of hydrogen-bond acceptors (Lipinski definition) is 5. The molecule has 0 saturated carbocycles. The summed E-state index contributed by atoms with van der Waals surface area (Å²) < 4.78 is 5.32. The Hall–Kier alpha value is -3.25. The first kappa shape index (κ1) is 16.2. The minimum Gasteiger partial charge on any atom is -0.356 e. The number of carbonyl (C=O) groups is 1. The highest BCUT2D eigenvalue weighted by Crippen LogP contribution is 2.28. The summed E-state index contributed by atoms with van der Waals surface area (Å²) in [5.41, 5.74) is 2.59. The van der Waals surface area contributed by atoms with Gasteiger partial charge in [-0.2, -0.15) is 0 Å². The van der Waals surface area contributed by atoms with Crippen molar-refractivity contribution in [1.29, 1.82) is 0 Å². The lowest BCUT2D eigenvalue weighted by Crippen LogP contribution is -2.14. The zero-order chi connectivity index (χ0) is 17.8. The molecule has 0 fully saturated rings. The third-order valence-corrected chi connectivity index (χ3v) is 4.73. The molecule has 128 valence electrons. The van der Waals surface area contributed by atoms with E-state index in [1.54, 1.807) is 12.3 Å². The van der Waals surface area contributed by atoms with Crippen molar-refractivity contribution in [2.75, 3.05) is 5.32 Å². The maximum absolute atomic E-state index is 12.2. The van der Waals surface area contributed by atoms with E-state index in [0.29, 0.717) is 16.6 Å². The second-order valence-corrected chi connectivity index (χ2v) is 6.70. The lowest BCUT2D eigenvalue weighted by molar-refractivity contribution is -0.115. The summed E-state index contributed by atoms with van der Waals surface area (Å²) in [6.07, 6.45) is 1.90. The van der Waals surface area contributed by atoms with Crippen LogP contribution in [-0.2, 0) is 11.2 Å². The molecule has 0 saturated heterocycles. The Labute approximate surface area is 154 Å². The molecule has 2 aromatic carbocycles. The fraction of sp³-hybridized carbons (Fsp3) is 0.0500. The van der Waals surface area contributed by atoms with Crippen LogP contribution in [0.4, 0.5) is 5.13 Å². The Bertz CT molecular complexity index is 928. The summed E-state index contributed by atoms with van der Waals surface area (Å²) in [6.45, 7) is 0. The topological polar surface area (TPSA) is 68.0 Å². The minimum absolute atomic E-state index is 0.135. The van der Waals surface area contributed by atoms with Crippen molar-refractivity contribution >= 4 is 22.4 Å². The summed E-state index contributed by atoms with van der Waals surface area (Å²) in [5, 5.41) is 7.36. The van der Waals surface area contributed by atoms with E-state index in [0.717, 1.165) is 16.0 Å². The Balaban J connectivity index is 1.40. The van der Waals surface area contributed by atoms with Crippen LogP contribution in [0.2, 0.25) is 0 Å². The van der Waals surface area contributed by atoms with E-state index in [1.807, 2.05) is 60.7 Å². The van der Waals surface area contributed by atoms with Gasteiger partial charge in [-0.15, -0.1) is 0 Å². The van der Waals surface area contributed by atoms with Gasteiger partial charge in [-0.25, -0.2) is 4.98 Å². The SMILES string of the molecule is O=C(Cc1cc(-c2ccccc2)on1)Nc1ncc(-c2ccccc2)s1. The van der Waals surface area contributed by atoms with Gasteiger partial charge in [0.2, 0.25) is 5.91 Å². The molecule has 0 radical (unpaired) electrons. The first-order chi connectivity index (χ1) is 12.8. The highest BCUT2D eigenvalue weighted by Gasteiger charge is 2.12. The predicted octanol–water partition coefficient (Wildman–Crippen LogP) is 4.65. The number of hydrogen-bond donors (Lipinski definition) is 1. The van der Waals surface area contributed by atoms with E-state index in [4.69, 9.17) is 4.52 Å². The molecule has 0 aliphatic rings. The van der Waals surface area contributed by atoms with E-state index in [9.17, 15) is 4.79 Å². The van der Waals surface area contributed by atoms with Gasteiger partial charge in [0.25, 0.3) is 0 Å². The molecule has 6 heteroatoms. The molecule has 0 aliphatic carbocycles. The molecular weight excluding hydrogens is 346 g/mol. The molecule has 4 aromatic rings. The molecule has 2 heterocycles. The van der Waals surface area contributed by atoms with Crippen LogP contribution >= 0.6 is 11.3 Å². The van der Waals surface area contributed by atoms with Crippen molar-refractivity contribution in [3.8, 4) is 21.8 Å². The largest absolute Gasteiger partial charge is 0.356 e. The van der Waals surface area contributed by atoms with Crippen LogP contribution < -0.4 is 5.32 Å². The number of thiazole rings is 1. The van der Waals surface area contributed by atoms with Gasteiger partial charge in [0.05, 0.1) is 17.0 Å². The zero-order valence-electron chi connectivity index (χ0n) is 13.8. The first-order valence-electron chi connectivity index (χ1n) is 8.10. The van der Waals surface area contributed by atoms with Crippen LogP contribution in [0.15, 0.2) is 77.4 Å². The van der Waals surface area contributed by atoms with Crippen LogP contribution in [-0.4, -0.2) is 16.0 Å². The number of anilines is 1. The van der Waals surface area contributed by atoms with Crippen molar-refractivity contribution in [2.24, 2.45) is 0 Å². The summed E-state index contributed by atoms with van der Waals surface area (Å²) in [7, 11) is 0. The molecule has 0 aliphatic heterocycles. The van der Waals surface area contributed by atoms with Crippen LogP contribution in [0.25, 0.3) is 21.8 Å². The van der Waals surface area contributed by atoms with Crippen LogP contribution in [0.3, 0.4) is 0 Å². The van der Waals surface area contributed by atoms with Crippen molar-refractivity contribution < 1.29 is 9.32 Å². The minimum atomic E-state index is -0.174. The standard InChI is InChI=1S/C20H15N3O2S/c24-19(12-16-11-17(25-23-16)14-7-3-1-4-8-14)22-20-21-13-18(26-20)15-9-5-2-6-10-15/h1-11,13H,12H2,(H,21,22,24). The van der Waals surface area contributed by atoms with Gasteiger partial charge in [0.15, 0.2) is 10.9 Å². The number of benzene rings is 2.